The van der Waals surface area contributed by atoms with E-state index in [1.54, 1.807) is 11.3 Å². The van der Waals surface area contributed by atoms with Crippen LogP contribution in [0.5, 0.6) is 0 Å². The molecule has 0 amide bonds. The average molecular weight is 436 g/mol. The predicted molar refractivity (Wildman–Crippen MR) is 106 cm³/mol. The van der Waals surface area contributed by atoms with Gasteiger partial charge in [-0.3, -0.25) is 0 Å². The first kappa shape index (κ1) is 19.7. The molecule has 0 unspecified atom stereocenters. The molecule has 0 aromatic carbocycles. The zero-order chi connectivity index (χ0) is 15.1. The smallest absolute Gasteiger partial charge is 0.191 e. The molecule has 0 radical (unpaired) electrons. The Morgan fingerprint density at radius 2 is 2.05 bits per heavy atom. The van der Waals surface area contributed by atoms with Gasteiger partial charge in [0.1, 0.15) is 0 Å². The molecule has 0 bridgehead atoms. The number of aromatic nitrogens is 1. The maximum absolute atomic E-state index is 4.69. The van der Waals surface area contributed by atoms with Gasteiger partial charge < -0.3 is 10.6 Å². The number of halogens is 1. The second-order valence-corrected chi connectivity index (χ2v) is 7.27. The fourth-order valence-electron chi connectivity index (χ4n) is 3.03. The van der Waals surface area contributed by atoms with E-state index in [0.29, 0.717) is 12.0 Å². The lowest BCUT2D eigenvalue weighted by Gasteiger charge is -2.28. The zero-order valence-electron chi connectivity index (χ0n) is 13.9. The van der Waals surface area contributed by atoms with Crippen LogP contribution in [0.1, 0.15) is 55.8 Å². The molecule has 0 spiro atoms. The molecule has 0 saturated heterocycles. The zero-order valence-corrected chi connectivity index (χ0v) is 17.1. The number of thiazole rings is 1. The maximum Gasteiger partial charge on any atom is 0.191 e. The van der Waals surface area contributed by atoms with E-state index in [1.807, 2.05) is 13.1 Å². The molecule has 1 saturated carbocycles. The summed E-state index contributed by atoms with van der Waals surface area (Å²) in [6, 6.07) is 0. The van der Waals surface area contributed by atoms with Crippen LogP contribution in [-0.2, 0) is 6.54 Å². The molecule has 126 valence electrons. The molecule has 1 aliphatic rings. The Bertz CT molecular complexity index is 466. The third kappa shape index (κ3) is 5.68. The third-order valence-corrected chi connectivity index (χ3v) is 5.35. The lowest BCUT2D eigenvalue weighted by molar-refractivity contribution is 0.283. The predicted octanol–water partition coefficient (Wildman–Crippen LogP) is 4.10. The van der Waals surface area contributed by atoms with Crippen molar-refractivity contribution < 1.29 is 0 Å². The SMILES string of the molecule is CCNC(=NCc1cnc(C)s1)NCC1(CC)CCCC1.I. The van der Waals surface area contributed by atoms with E-state index < -0.39 is 0 Å². The molecule has 2 N–H and O–H groups in total. The van der Waals surface area contributed by atoms with Gasteiger partial charge in [-0.1, -0.05) is 19.8 Å². The van der Waals surface area contributed by atoms with Crippen LogP contribution >= 0.6 is 35.3 Å². The van der Waals surface area contributed by atoms with E-state index in [1.165, 1.54) is 37.0 Å². The van der Waals surface area contributed by atoms with E-state index in [2.05, 4.69) is 34.5 Å². The lowest BCUT2D eigenvalue weighted by Crippen LogP contribution is -2.42. The van der Waals surface area contributed by atoms with Gasteiger partial charge >= 0.3 is 0 Å². The minimum Gasteiger partial charge on any atom is -0.357 e. The fraction of sp³-hybridized carbons (Fsp3) is 0.750. The van der Waals surface area contributed by atoms with Crippen LogP contribution in [-0.4, -0.2) is 24.0 Å². The Hall–Kier alpha value is -0.370. The summed E-state index contributed by atoms with van der Waals surface area (Å²) in [4.78, 5) is 10.2. The highest BCUT2D eigenvalue weighted by Crippen LogP contribution is 2.40. The second-order valence-electron chi connectivity index (χ2n) is 5.95. The van der Waals surface area contributed by atoms with Crippen molar-refractivity contribution in [1.82, 2.24) is 15.6 Å². The van der Waals surface area contributed by atoms with E-state index >= 15 is 0 Å². The number of guanidine groups is 1. The Balaban J connectivity index is 0.00000242. The van der Waals surface area contributed by atoms with Crippen LogP contribution in [0.15, 0.2) is 11.2 Å². The van der Waals surface area contributed by atoms with Crippen LogP contribution in [0.2, 0.25) is 0 Å². The summed E-state index contributed by atoms with van der Waals surface area (Å²) in [5, 5.41) is 8.01. The highest BCUT2D eigenvalue weighted by Gasteiger charge is 2.31. The van der Waals surface area contributed by atoms with Gasteiger partial charge in [-0.15, -0.1) is 35.3 Å². The first-order chi connectivity index (χ1) is 10.2. The molecule has 0 aliphatic heterocycles. The van der Waals surface area contributed by atoms with Gasteiger partial charge in [0.25, 0.3) is 0 Å². The molecule has 4 nitrogen and oxygen atoms in total. The van der Waals surface area contributed by atoms with Gasteiger partial charge in [-0.05, 0) is 38.5 Å². The van der Waals surface area contributed by atoms with Crippen molar-refractivity contribution in [2.45, 2.75) is 59.4 Å². The minimum atomic E-state index is 0. The number of nitrogens with zero attached hydrogens (tertiary/aromatic N) is 2. The van der Waals surface area contributed by atoms with Crippen molar-refractivity contribution in [1.29, 1.82) is 0 Å². The summed E-state index contributed by atoms with van der Waals surface area (Å²) >= 11 is 1.72. The molecule has 1 fully saturated rings. The van der Waals surface area contributed by atoms with Crippen molar-refractivity contribution in [3.05, 3.63) is 16.1 Å². The normalized spacial score (nSPS) is 17.1. The van der Waals surface area contributed by atoms with E-state index in [0.717, 1.165) is 24.1 Å². The van der Waals surface area contributed by atoms with E-state index in [9.17, 15) is 0 Å². The Labute approximate surface area is 155 Å². The van der Waals surface area contributed by atoms with Crippen molar-refractivity contribution in [2.24, 2.45) is 10.4 Å². The van der Waals surface area contributed by atoms with Crippen LogP contribution in [0, 0.1) is 12.3 Å². The molecule has 1 heterocycles. The fourth-order valence-corrected chi connectivity index (χ4v) is 3.75. The van der Waals surface area contributed by atoms with Gasteiger partial charge in [0.05, 0.1) is 11.6 Å². The Morgan fingerprint density at radius 3 is 2.59 bits per heavy atom. The van der Waals surface area contributed by atoms with Gasteiger partial charge in [0.2, 0.25) is 0 Å². The Kier molecular flexibility index (Phi) is 8.67. The maximum atomic E-state index is 4.69. The summed E-state index contributed by atoms with van der Waals surface area (Å²) in [5.41, 5.74) is 0.483. The highest BCUT2D eigenvalue weighted by molar-refractivity contribution is 14.0. The highest BCUT2D eigenvalue weighted by atomic mass is 127. The van der Waals surface area contributed by atoms with Crippen molar-refractivity contribution in [2.75, 3.05) is 13.1 Å². The van der Waals surface area contributed by atoms with Crippen LogP contribution in [0.4, 0.5) is 0 Å². The number of aliphatic imine (C=N–C) groups is 1. The largest absolute Gasteiger partial charge is 0.357 e. The van der Waals surface area contributed by atoms with Crippen LogP contribution in [0.3, 0.4) is 0 Å². The Morgan fingerprint density at radius 1 is 1.32 bits per heavy atom. The minimum absolute atomic E-state index is 0. The first-order valence-corrected chi connectivity index (χ1v) is 8.92. The third-order valence-electron chi connectivity index (χ3n) is 4.45. The second kappa shape index (κ2) is 9.70. The van der Waals surface area contributed by atoms with Gasteiger partial charge in [0.15, 0.2) is 5.96 Å². The standard InChI is InChI=1S/C16H28N4S.HI/c1-4-16(8-6-7-9-16)12-20-15(17-5-2)19-11-14-10-18-13(3)21-14;/h10H,4-9,11-12H2,1-3H3,(H2,17,19,20);1H. The molecule has 2 rings (SSSR count). The number of rotatable bonds is 6. The molecule has 0 atom stereocenters. The molecule has 6 heteroatoms. The summed E-state index contributed by atoms with van der Waals surface area (Å²) < 4.78 is 0. The monoisotopic (exact) mass is 436 g/mol. The van der Waals surface area contributed by atoms with Gasteiger partial charge in [-0.25, -0.2) is 9.98 Å². The summed E-state index contributed by atoms with van der Waals surface area (Å²) in [6.45, 7) is 9.10. The van der Waals surface area contributed by atoms with E-state index in [4.69, 9.17) is 0 Å². The van der Waals surface area contributed by atoms with Crippen molar-refractivity contribution in [3.8, 4) is 0 Å². The molecule has 1 aliphatic carbocycles. The average Bonchev–Trinajstić information content (AvgIpc) is 3.12. The quantitative estimate of drug-likeness (QED) is 0.401. The molecular formula is C16H29IN4S. The number of aryl methyl sites for hydroxylation is 1. The molecule has 1 aromatic rings. The van der Waals surface area contributed by atoms with E-state index in [-0.39, 0.29) is 24.0 Å². The number of nitrogens with one attached hydrogen (secondary N) is 2. The summed E-state index contributed by atoms with van der Waals surface area (Å²) in [7, 11) is 0. The molecule has 1 aromatic heterocycles. The van der Waals surface area contributed by atoms with Gasteiger partial charge in [-0.2, -0.15) is 0 Å². The summed E-state index contributed by atoms with van der Waals surface area (Å²) in [5.74, 6) is 0.934. The first-order valence-electron chi connectivity index (χ1n) is 8.11. The van der Waals surface area contributed by atoms with Crippen molar-refractivity contribution in [3.63, 3.8) is 0 Å². The van der Waals surface area contributed by atoms with Gasteiger partial charge in [0, 0.05) is 24.2 Å². The molecule has 22 heavy (non-hydrogen) atoms. The van der Waals surface area contributed by atoms with Crippen molar-refractivity contribution >= 4 is 41.3 Å². The number of hydrogen-bond acceptors (Lipinski definition) is 3. The number of hydrogen-bond donors (Lipinski definition) is 2. The van der Waals surface area contributed by atoms with Crippen LogP contribution < -0.4 is 10.6 Å². The van der Waals surface area contributed by atoms with Crippen LogP contribution in [0.25, 0.3) is 0 Å². The topological polar surface area (TPSA) is 49.3 Å². The summed E-state index contributed by atoms with van der Waals surface area (Å²) in [6.07, 6.45) is 8.64. The molecular weight excluding hydrogens is 407 g/mol. The lowest BCUT2D eigenvalue weighted by atomic mass is 9.83.